The molecule has 0 heterocycles. The van der Waals surface area contributed by atoms with E-state index in [1.165, 1.54) is 0 Å². The summed E-state index contributed by atoms with van der Waals surface area (Å²) in [6.45, 7) is 0. The van der Waals surface area contributed by atoms with Gasteiger partial charge in [0.05, 0.1) is 0 Å². The van der Waals surface area contributed by atoms with Gasteiger partial charge in [-0.15, -0.1) is 0 Å². The molecule has 0 fully saturated rings. The zero-order valence-electron chi connectivity index (χ0n) is 8.96. The smallest absolute Gasteiger partial charge is 0.278 e. The van der Waals surface area contributed by atoms with E-state index in [0.717, 1.165) is 49.4 Å². The minimum atomic E-state index is -0.891. The first kappa shape index (κ1) is 25.5. The predicted molar refractivity (Wildman–Crippen MR) is 86.1 cm³/mol. The second kappa shape index (κ2) is 15.7. The Labute approximate surface area is 113 Å². The van der Waals surface area contributed by atoms with Crippen LogP contribution in [0.1, 0.15) is 22.3 Å². The second-order valence-electron chi connectivity index (χ2n) is 2.39. The maximum atomic E-state index is 5.51. The Hall–Kier alpha value is 0.708. The third kappa shape index (κ3) is 9.90. The molecule has 104 valence electrons. The Kier molecular flexibility index (Phi) is 25.1. The highest BCUT2D eigenvalue weighted by Gasteiger charge is 2.32. The quantitative estimate of drug-likeness (QED) is 0.360. The van der Waals surface area contributed by atoms with Crippen molar-refractivity contribution in [3.63, 3.8) is 0 Å². The van der Waals surface area contributed by atoms with Crippen molar-refractivity contribution >= 4 is 40.5 Å². The van der Waals surface area contributed by atoms with E-state index in [0.29, 0.717) is 0 Å². The molecule has 0 radical (unpaired) electrons. The van der Waals surface area contributed by atoms with Gasteiger partial charge in [-0.2, -0.15) is 0 Å². The topological polar surface area (TPSA) is 36.9 Å². The molecule has 0 atom stereocenters. The van der Waals surface area contributed by atoms with Crippen molar-refractivity contribution in [2.75, 3.05) is 25.8 Å². The number of methoxy groups -OCH3 is 1. The van der Waals surface area contributed by atoms with Crippen molar-refractivity contribution in [1.29, 1.82) is 0 Å². The first-order chi connectivity index (χ1) is 6.24. The average molecular weight is 305 g/mol. The highest BCUT2D eigenvalue weighted by Crippen LogP contribution is 2.11. The van der Waals surface area contributed by atoms with Crippen LogP contribution in [0.5, 0.6) is 0 Å². The lowest BCUT2D eigenvalue weighted by molar-refractivity contribution is -0.308. The van der Waals surface area contributed by atoms with Crippen molar-refractivity contribution in [3.8, 4) is 0 Å². The fourth-order valence-corrected chi connectivity index (χ4v) is 4.42. The summed E-state index contributed by atoms with van der Waals surface area (Å²) in [5.41, 5.74) is -0.798. The molecule has 0 saturated heterocycles. The van der Waals surface area contributed by atoms with Crippen molar-refractivity contribution in [1.82, 2.24) is 0 Å². The average Bonchev–Trinajstić information content (AvgIpc) is 2.15. The van der Waals surface area contributed by atoms with Crippen LogP contribution in [0.25, 0.3) is 0 Å². The Morgan fingerprint density at radius 2 is 1.38 bits per heavy atom. The van der Waals surface area contributed by atoms with Crippen LogP contribution in [0.3, 0.4) is 0 Å². The SMILES string of the molecule is C.C.C.COC(OC[SiH3])(OC[SiH3])[SiH2]OC[SiH3]. The summed E-state index contributed by atoms with van der Waals surface area (Å²) in [4.78, 5) is 0. The minimum Gasteiger partial charge on any atom is -0.419 e. The van der Waals surface area contributed by atoms with Crippen LogP contribution in [0.15, 0.2) is 0 Å². The molecule has 4 nitrogen and oxygen atoms in total. The van der Waals surface area contributed by atoms with Gasteiger partial charge in [-0.05, 0) is 0 Å². The fraction of sp³-hybridized carbons (Fsp3) is 1.00. The lowest BCUT2D eigenvalue weighted by atomic mass is 11.1. The Morgan fingerprint density at radius 3 is 1.62 bits per heavy atom. The Balaban J connectivity index is -0.000000240. The molecule has 0 bridgehead atoms. The predicted octanol–water partition coefficient (Wildman–Crippen LogP) is -2.75. The summed E-state index contributed by atoms with van der Waals surface area (Å²) >= 11 is 0. The van der Waals surface area contributed by atoms with Crippen molar-refractivity contribution in [2.24, 2.45) is 0 Å². The molecule has 0 aliphatic carbocycles. The fourth-order valence-electron chi connectivity index (χ4n) is 0.969. The maximum Gasteiger partial charge on any atom is 0.278 e. The number of hydrogen-bond donors (Lipinski definition) is 0. The van der Waals surface area contributed by atoms with Gasteiger partial charge in [0.25, 0.3) is 15.4 Å². The van der Waals surface area contributed by atoms with Gasteiger partial charge in [-0.25, -0.2) is 0 Å². The van der Waals surface area contributed by atoms with Crippen LogP contribution in [0, 0.1) is 0 Å². The Morgan fingerprint density at radius 1 is 0.938 bits per heavy atom. The van der Waals surface area contributed by atoms with Crippen LogP contribution in [0.4, 0.5) is 0 Å². The molecule has 0 spiro atoms. The lowest BCUT2D eigenvalue weighted by Crippen LogP contribution is -2.46. The summed E-state index contributed by atoms with van der Waals surface area (Å²) < 4.78 is 21.8. The first-order valence-electron chi connectivity index (χ1n) is 4.65. The summed E-state index contributed by atoms with van der Waals surface area (Å²) in [5, 5.41) is 0. The zero-order valence-corrected chi connectivity index (χ0v) is 16.4. The van der Waals surface area contributed by atoms with E-state index >= 15 is 0 Å². The van der Waals surface area contributed by atoms with Gasteiger partial charge < -0.3 is 18.6 Å². The van der Waals surface area contributed by atoms with Gasteiger partial charge in [0.1, 0.15) is 0 Å². The van der Waals surface area contributed by atoms with Crippen LogP contribution in [0.2, 0.25) is 0 Å². The molecule has 0 N–H and O–H groups in total. The van der Waals surface area contributed by atoms with E-state index in [1.807, 2.05) is 0 Å². The summed E-state index contributed by atoms with van der Waals surface area (Å²) in [6, 6.07) is 0. The van der Waals surface area contributed by atoms with Gasteiger partial charge >= 0.3 is 0 Å². The van der Waals surface area contributed by atoms with E-state index in [4.69, 9.17) is 18.6 Å². The molecule has 16 heavy (non-hydrogen) atoms. The second-order valence-corrected chi connectivity index (χ2v) is 5.69. The largest absolute Gasteiger partial charge is 0.419 e. The van der Waals surface area contributed by atoms with Crippen LogP contribution >= 0.6 is 0 Å². The maximum absolute atomic E-state index is 5.51. The molecule has 0 rings (SSSR count). The van der Waals surface area contributed by atoms with Crippen LogP contribution in [-0.2, 0) is 18.6 Å². The zero-order chi connectivity index (χ0) is 10.2. The normalized spacial score (nSPS) is 14.1. The lowest BCUT2D eigenvalue weighted by Gasteiger charge is -2.30. The van der Waals surface area contributed by atoms with Crippen molar-refractivity contribution in [3.05, 3.63) is 0 Å². The van der Waals surface area contributed by atoms with Gasteiger partial charge in [0.2, 0.25) is 0 Å². The van der Waals surface area contributed by atoms with Gasteiger partial charge in [0.15, 0.2) is 0 Å². The molecule has 0 amide bonds. The number of ether oxygens (including phenoxy) is 3. The molecule has 0 aromatic rings. The molecule has 0 saturated carbocycles. The monoisotopic (exact) mass is 304 g/mol. The number of hydrogen-bond acceptors (Lipinski definition) is 4. The van der Waals surface area contributed by atoms with Crippen LogP contribution < -0.4 is 0 Å². The molecular formula is C8H32O4Si4. The van der Waals surface area contributed by atoms with Gasteiger partial charge in [-0.1, -0.05) is 22.3 Å². The highest BCUT2D eigenvalue weighted by atomic mass is 28.2. The highest BCUT2D eigenvalue weighted by molar-refractivity contribution is 6.31. The first-order valence-corrected chi connectivity index (χ1v) is 10.2. The van der Waals surface area contributed by atoms with E-state index in [1.54, 1.807) is 7.11 Å². The molecule has 0 aliphatic rings. The molecular weight excluding hydrogens is 272 g/mol. The third-order valence-corrected chi connectivity index (χ3v) is 4.99. The third-order valence-electron chi connectivity index (χ3n) is 1.52. The molecule has 0 aliphatic heterocycles. The molecule has 0 aromatic carbocycles. The summed E-state index contributed by atoms with van der Waals surface area (Å²) in [7, 11) is 3.78. The molecule has 0 unspecified atom stereocenters. The van der Waals surface area contributed by atoms with Gasteiger partial charge in [0, 0.05) is 56.5 Å². The van der Waals surface area contributed by atoms with E-state index in [-0.39, 0.29) is 22.3 Å². The minimum absolute atomic E-state index is 0. The Bertz CT molecular complexity index is 123. The summed E-state index contributed by atoms with van der Waals surface area (Å²) in [6.07, 6.45) is 2.30. The van der Waals surface area contributed by atoms with Crippen molar-refractivity contribution < 1.29 is 18.6 Å². The van der Waals surface area contributed by atoms with Crippen LogP contribution in [-0.4, -0.2) is 71.9 Å². The molecule has 0 aromatic heterocycles. The standard InChI is InChI=1S/C5H20O4Si4.3CH4/c1-6-5(7-2-10,8-3-11)13-9-4-12;;;/h2-4,13H2,1,10-12H3;3*1H4. The van der Waals surface area contributed by atoms with Crippen molar-refractivity contribution in [2.45, 2.75) is 27.9 Å². The van der Waals surface area contributed by atoms with Gasteiger partial charge in [-0.3, -0.25) is 0 Å². The number of rotatable bonds is 8. The molecule has 8 heteroatoms. The van der Waals surface area contributed by atoms with E-state index in [9.17, 15) is 0 Å². The summed E-state index contributed by atoms with van der Waals surface area (Å²) in [5.74, 6) is 0. The van der Waals surface area contributed by atoms with E-state index < -0.39 is 15.4 Å². The van der Waals surface area contributed by atoms with E-state index in [2.05, 4.69) is 0 Å².